The zero-order valence-corrected chi connectivity index (χ0v) is 10.6. The van der Waals surface area contributed by atoms with Crippen molar-refractivity contribution in [2.45, 2.75) is 70.4 Å². The van der Waals surface area contributed by atoms with Gasteiger partial charge in [0.2, 0.25) is 5.91 Å². The van der Waals surface area contributed by atoms with Crippen LogP contribution in [0.4, 0.5) is 0 Å². The molecule has 92 valence electrons. The maximum Gasteiger partial charge on any atom is 0.244 e. The van der Waals surface area contributed by atoms with Crippen LogP contribution in [0.25, 0.3) is 0 Å². The average molecular weight is 224 g/mol. The van der Waals surface area contributed by atoms with Gasteiger partial charge in [0.25, 0.3) is 0 Å². The van der Waals surface area contributed by atoms with Crippen LogP contribution in [0.5, 0.6) is 0 Å². The summed E-state index contributed by atoms with van der Waals surface area (Å²) in [5.74, 6) is 0.369. The van der Waals surface area contributed by atoms with Crippen LogP contribution in [0.2, 0.25) is 0 Å². The fourth-order valence-corrected chi connectivity index (χ4v) is 3.04. The highest BCUT2D eigenvalue weighted by atomic mass is 16.2. The monoisotopic (exact) mass is 224 g/mol. The fraction of sp³-hybridized carbons (Fsp3) is 0.923. The van der Waals surface area contributed by atoms with Crippen LogP contribution in [0.3, 0.4) is 0 Å². The van der Waals surface area contributed by atoms with Crippen LogP contribution in [0, 0.1) is 0 Å². The highest BCUT2D eigenvalue weighted by molar-refractivity contribution is 5.88. The maximum absolute atomic E-state index is 12.4. The second-order valence-corrected chi connectivity index (χ2v) is 5.39. The third-order valence-electron chi connectivity index (χ3n) is 4.22. The molecule has 1 amide bonds. The number of amides is 1. The Balaban J connectivity index is 1.96. The van der Waals surface area contributed by atoms with Crippen LogP contribution in [-0.2, 0) is 4.79 Å². The Hall–Kier alpha value is -0.570. The number of hydrogen-bond donors (Lipinski definition) is 1. The van der Waals surface area contributed by atoms with Gasteiger partial charge in [0.15, 0.2) is 0 Å². The van der Waals surface area contributed by atoms with E-state index in [1.807, 2.05) is 0 Å². The lowest BCUT2D eigenvalue weighted by Crippen LogP contribution is -2.45. The first-order chi connectivity index (χ1) is 7.69. The topological polar surface area (TPSA) is 32.3 Å². The van der Waals surface area contributed by atoms with Crippen molar-refractivity contribution in [1.29, 1.82) is 0 Å². The minimum atomic E-state index is -0.166. The SMILES string of the molecule is CCCCC(C)N1CNC2(CCCC2)C1=O. The first kappa shape index (κ1) is 11.9. The Kier molecular flexibility index (Phi) is 3.53. The number of nitrogens with one attached hydrogen (secondary N) is 1. The van der Waals surface area contributed by atoms with Gasteiger partial charge < -0.3 is 4.90 Å². The van der Waals surface area contributed by atoms with Crippen molar-refractivity contribution in [2.24, 2.45) is 0 Å². The number of rotatable bonds is 4. The molecule has 1 unspecified atom stereocenters. The quantitative estimate of drug-likeness (QED) is 0.794. The van der Waals surface area contributed by atoms with Crippen molar-refractivity contribution >= 4 is 5.91 Å². The summed E-state index contributed by atoms with van der Waals surface area (Å²) in [7, 11) is 0. The number of carbonyl (C=O) groups is 1. The number of carbonyl (C=O) groups excluding carboxylic acids is 1. The van der Waals surface area contributed by atoms with Crippen molar-refractivity contribution in [1.82, 2.24) is 10.2 Å². The highest BCUT2D eigenvalue weighted by Gasteiger charge is 2.48. The molecule has 3 heteroatoms. The molecule has 1 N–H and O–H groups in total. The molecule has 2 fully saturated rings. The molecule has 1 spiro atoms. The Labute approximate surface area is 98.6 Å². The van der Waals surface area contributed by atoms with Crippen LogP contribution in [0.1, 0.15) is 58.8 Å². The maximum atomic E-state index is 12.4. The molecule has 0 aromatic rings. The third-order valence-corrected chi connectivity index (χ3v) is 4.22. The third kappa shape index (κ3) is 1.97. The highest BCUT2D eigenvalue weighted by Crippen LogP contribution is 2.35. The van der Waals surface area contributed by atoms with Crippen LogP contribution in [-0.4, -0.2) is 29.1 Å². The molecule has 2 rings (SSSR count). The molecule has 0 bridgehead atoms. The summed E-state index contributed by atoms with van der Waals surface area (Å²) < 4.78 is 0. The first-order valence-corrected chi connectivity index (χ1v) is 6.76. The zero-order chi connectivity index (χ0) is 11.6. The van der Waals surface area contributed by atoms with Gasteiger partial charge in [-0.1, -0.05) is 32.6 Å². The molecule has 0 aromatic heterocycles. The zero-order valence-electron chi connectivity index (χ0n) is 10.6. The van der Waals surface area contributed by atoms with E-state index >= 15 is 0 Å². The Morgan fingerprint density at radius 2 is 2.12 bits per heavy atom. The fourth-order valence-electron chi connectivity index (χ4n) is 3.04. The smallest absolute Gasteiger partial charge is 0.244 e. The molecule has 1 heterocycles. The molecular formula is C13H24N2O. The molecule has 1 saturated carbocycles. The van der Waals surface area contributed by atoms with Crippen LogP contribution in [0.15, 0.2) is 0 Å². The van der Waals surface area contributed by atoms with E-state index in [0.717, 1.165) is 25.9 Å². The van der Waals surface area contributed by atoms with E-state index in [1.54, 1.807) is 0 Å². The van der Waals surface area contributed by atoms with Gasteiger partial charge in [0.05, 0.1) is 12.2 Å². The molecule has 1 aliphatic heterocycles. The lowest BCUT2D eigenvalue weighted by Gasteiger charge is -2.26. The summed E-state index contributed by atoms with van der Waals surface area (Å²) in [6, 6.07) is 0.403. The van der Waals surface area contributed by atoms with E-state index in [2.05, 4.69) is 24.1 Å². The summed E-state index contributed by atoms with van der Waals surface area (Å²) in [5, 5.41) is 3.47. The second kappa shape index (κ2) is 4.74. The van der Waals surface area contributed by atoms with Gasteiger partial charge in [0, 0.05) is 6.04 Å². The van der Waals surface area contributed by atoms with Gasteiger partial charge in [0.1, 0.15) is 0 Å². The molecule has 0 radical (unpaired) electrons. The van der Waals surface area contributed by atoms with Crippen molar-refractivity contribution in [3.05, 3.63) is 0 Å². The summed E-state index contributed by atoms with van der Waals surface area (Å²) >= 11 is 0. The molecule has 1 saturated heterocycles. The van der Waals surface area contributed by atoms with Crippen molar-refractivity contribution < 1.29 is 4.79 Å². The van der Waals surface area contributed by atoms with E-state index in [4.69, 9.17) is 0 Å². The largest absolute Gasteiger partial charge is 0.326 e. The molecule has 3 nitrogen and oxygen atoms in total. The number of hydrogen-bond acceptors (Lipinski definition) is 2. The van der Waals surface area contributed by atoms with E-state index in [-0.39, 0.29) is 5.54 Å². The van der Waals surface area contributed by atoms with Gasteiger partial charge >= 0.3 is 0 Å². The van der Waals surface area contributed by atoms with E-state index in [9.17, 15) is 4.79 Å². The van der Waals surface area contributed by atoms with Gasteiger partial charge in [-0.3, -0.25) is 10.1 Å². The summed E-state index contributed by atoms with van der Waals surface area (Å²) in [6.45, 7) is 5.15. The van der Waals surface area contributed by atoms with Crippen molar-refractivity contribution in [2.75, 3.05) is 6.67 Å². The van der Waals surface area contributed by atoms with Gasteiger partial charge in [-0.25, -0.2) is 0 Å². The van der Waals surface area contributed by atoms with E-state index < -0.39 is 0 Å². The molecule has 1 atom stereocenters. The molecule has 16 heavy (non-hydrogen) atoms. The van der Waals surface area contributed by atoms with Crippen LogP contribution < -0.4 is 5.32 Å². The number of nitrogens with zero attached hydrogens (tertiary/aromatic N) is 1. The molecule has 2 aliphatic rings. The second-order valence-electron chi connectivity index (χ2n) is 5.39. The molecule has 0 aromatic carbocycles. The average Bonchev–Trinajstić information content (AvgIpc) is 2.87. The van der Waals surface area contributed by atoms with Gasteiger partial charge in [-0.15, -0.1) is 0 Å². The molecule has 1 aliphatic carbocycles. The number of unbranched alkanes of at least 4 members (excludes halogenated alkanes) is 1. The van der Waals surface area contributed by atoms with Crippen LogP contribution >= 0.6 is 0 Å². The van der Waals surface area contributed by atoms with Gasteiger partial charge in [-0.05, 0) is 26.2 Å². The lowest BCUT2D eigenvalue weighted by atomic mass is 9.97. The predicted molar refractivity (Wildman–Crippen MR) is 65.0 cm³/mol. The Morgan fingerprint density at radius 1 is 1.44 bits per heavy atom. The summed E-state index contributed by atoms with van der Waals surface area (Å²) in [6.07, 6.45) is 8.07. The predicted octanol–water partition coefficient (Wildman–Crippen LogP) is 2.27. The summed E-state index contributed by atoms with van der Waals surface area (Å²) in [5.41, 5.74) is -0.166. The van der Waals surface area contributed by atoms with Gasteiger partial charge in [-0.2, -0.15) is 0 Å². The summed E-state index contributed by atoms with van der Waals surface area (Å²) in [4.78, 5) is 14.5. The van der Waals surface area contributed by atoms with E-state index in [0.29, 0.717) is 11.9 Å². The standard InChI is InChI=1S/C13H24N2O/c1-3-4-7-11(2)15-10-14-13(12(15)16)8-5-6-9-13/h11,14H,3-10H2,1-2H3. The van der Waals surface area contributed by atoms with E-state index in [1.165, 1.54) is 25.7 Å². The van der Waals surface area contributed by atoms with Crippen molar-refractivity contribution in [3.63, 3.8) is 0 Å². The normalized spacial score (nSPS) is 25.6. The lowest BCUT2D eigenvalue weighted by molar-refractivity contribution is -0.134. The Bertz CT molecular complexity index is 259. The minimum absolute atomic E-state index is 0.166. The van der Waals surface area contributed by atoms with Crippen molar-refractivity contribution in [3.8, 4) is 0 Å². The molecular weight excluding hydrogens is 200 g/mol. The minimum Gasteiger partial charge on any atom is -0.326 e. The Morgan fingerprint density at radius 3 is 2.75 bits per heavy atom. The first-order valence-electron chi connectivity index (χ1n) is 6.76.